The SMILES string of the molecule is C[C@@H]1CNC[C@H](C)N1C(=O)C1(C)CC1. The highest BCUT2D eigenvalue weighted by Gasteiger charge is 2.49. The number of rotatable bonds is 1. The highest BCUT2D eigenvalue weighted by atomic mass is 16.2. The number of carbonyl (C=O) groups is 1. The highest BCUT2D eigenvalue weighted by Crippen LogP contribution is 2.47. The van der Waals surface area contributed by atoms with Gasteiger partial charge in [-0.1, -0.05) is 6.92 Å². The molecule has 3 heteroatoms. The van der Waals surface area contributed by atoms with E-state index in [0.717, 1.165) is 25.9 Å². The Kier molecular flexibility index (Phi) is 2.30. The first-order valence-electron chi connectivity index (χ1n) is 5.58. The first-order valence-corrected chi connectivity index (χ1v) is 5.58. The third kappa shape index (κ3) is 1.54. The Bertz CT molecular complexity index is 238. The van der Waals surface area contributed by atoms with Gasteiger partial charge < -0.3 is 10.2 Å². The van der Waals surface area contributed by atoms with Gasteiger partial charge in [0.05, 0.1) is 0 Å². The molecule has 0 unspecified atom stereocenters. The van der Waals surface area contributed by atoms with Crippen LogP contribution in [0.4, 0.5) is 0 Å². The quantitative estimate of drug-likeness (QED) is 0.678. The van der Waals surface area contributed by atoms with Gasteiger partial charge >= 0.3 is 0 Å². The van der Waals surface area contributed by atoms with Crippen molar-refractivity contribution in [2.24, 2.45) is 5.41 Å². The predicted octanol–water partition coefficient (Wildman–Crippen LogP) is 0.995. The molecule has 0 bridgehead atoms. The smallest absolute Gasteiger partial charge is 0.229 e. The van der Waals surface area contributed by atoms with Crippen LogP contribution >= 0.6 is 0 Å². The van der Waals surface area contributed by atoms with Gasteiger partial charge in [-0.05, 0) is 26.7 Å². The van der Waals surface area contributed by atoms with Crippen molar-refractivity contribution in [3.05, 3.63) is 0 Å². The van der Waals surface area contributed by atoms with E-state index in [1.54, 1.807) is 0 Å². The lowest BCUT2D eigenvalue weighted by Crippen LogP contribution is -2.58. The van der Waals surface area contributed by atoms with Crippen LogP contribution < -0.4 is 5.32 Å². The fourth-order valence-electron chi connectivity index (χ4n) is 2.25. The Morgan fingerprint density at radius 3 is 2.21 bits per heavy atom. The van der Waals surface area contributed by atoms with Gasteiger partial charge in [0.1, 0.15) is 0 Å². The number of piperazine rings is 1. The largest absolute Gasteiger partial charge is 0.334 e. The monoisotopic (exact) mass is 196 g/mol. The number of carbonyl (C=O) groups excluding carboxylic acids is 1. The van der Waals surface area contributed by atoms with E-state index in [4.69, 9.17) is 0 Å². The summed E-state index contributed by atoms with van der Waals surface area (Å²) in [6, 6.07) is 0.701. The summed E-state index contributed by atoms with van der Waals surface area (Å²) in [5, 5.41) is 3.35. The summed E-state index contributed by atoms with van der Waals surface area (Å²) in [6.07, 6.45) is 2.16. The molecular formula is C11H20N2O. The van der Waals surface area contributed by atoms with Gasteiger partial charge in [-0.25, -0.2) is 0 Å². The summed E-state index contributed by atoms with van der Waals surface area (Å²) >= 11 is 0. The molecule has 1 aliphatic heterocycles. The molecule has 14 heavy (non-hydrogen) atoms. The van der Waals surface area contributed by atoms with Gasteiger partial charge in [-0.2, -0.15) is 0 Å². The summed E-state index contributed by atoms with van der Waals surface area (Å²) in [5.41, 5.74) is -0.0140. The number of amides is 1. The first kappa shape index (κ1) is 9.97. The van der Waals surface area contributed by atoms with E-state index in [2.05, 4.69) is 31.0 Å². The van der Waals surface area contributed by atoms with Crippen molar-refractivity contribution < 1.29 is 4.79 Å². The van der Waals surface area contributed by atoms with Gasteiger partial charge in [-0.3, -0.25) is 4.79 Å². The Labute approximate surface area is 85.8 Å². The zero-order valence-corrected chi connectivity index (χ0v) is 9.34. The van der Waals surface area contributed by atoms with E-state index >= 15 is 0 Å². The molecule has 3 nitrogen and oxygen atoms in total. The fraction of sp³-hybridized carbons (Fsp3) is 0.909. The lowest BCUT2D eigenvalue weighted by Gasteiger charge is -2.41. The van der Waals surface area contributed by atoms with Crippen molar-refractivity contribution in [3.63, 3.8) is 0 Å². The highest BCUT2D eigenvalue weighted by molar-refractivity contribution is 5.85. The van der Waals surface area contributed by atoms with Crippen LogP contribution in [0, 0.1) is 5.41 Å². The van der Waals surface area contributed by atoms with Crippen molar-refractivity contribution in [1.29, 1.82) is 0 Å². The number of hydrogen-bond acceptors (Lipinski definition) is 2. The zero-order valence-electron chi connectivity index (χ0n) is 9.34. The molecule has 0 aromatic carbocycles. The minimum absolute atomic E-state index is 0.0140. The summed E-state index contributed by atoms with van der Waals surface area (Å²) in [6.45, 7) is 8.23. The molecule has 80 valence electrons. The van der Waals surface area contributed by atoms with Crippen molar-refractivity contribution in [2.75, 3.05) is 13.1 Å². The first-order chi connectivity index (χ1) is 6.54. The Balaban J connectivity index is 2.10. The Hall–Kier alpha value is -0.570. The second kappa shape index (κ2) is 3.23. The molecule has 1 heterocycles. The van der Waals surface area contributed by atoms with Crippen LogP contribution in [0.15, 0.2) is 0 Å². The number of nitrogens with zero attached hydrogens (tertiary/aromatic N) is 1. The van der Waals surface area contributed by atoms with Gasteiger partial charge in [0.2, 0.25) is 5.91 Å². The van der Waals surface area contributed by atoms with Gasteiger partial charge in [-0.15, -0.1) is 0 Å². The molecule has 2 rings (SSSR count). The summed E-state index contributed by atoms with van der Waals surface area (Å²) in [4.78, 5) is 14.3. The van der Waals surface area contributed by atoms with Crippen LogP contribution in [0.3, 0.4) is 0 Å². The standard InChI is InChI=1S/C11H20N2O/c1-8-6-12-7-9(2)13(8)10(14)11(3)4-5-11/h8-9,12H,4-7H2,1-3H3/t8-,9+. The maximum Gasteiger partial charge on any atom is 0.229 e. The van der Waals surface area contributed by atoms with E-state index in [1.807, 2.05) is 0 Å². The van der Waals surface area contributed by atoms with E-state index in [9.17, 15) is 4.79 Å². The van der Waals surface area contributed by atoms with Gasteiger partial charge in [0.15, 0.2) is 0 Å². The molecule has 0 aromatic rings. The van der Waals surface area contributed by atoms with Crippen molar-refractivity contribution in [1.82, 2.24) is 10.2 Å². The molecule has 1 saturated carbocycles. The molecule has 1 amide bonds. The van der Waals surface area contributed by atoms with Crippen LogP contribution in [-0.4, -0.2) is 36.0 Å². The van der Waals surface area contributed by atoms with Gasteiger partial charge in [0.25, 0.3) is 0 Å². The Morgan fingerprint density at radius 2 is 1.79 bits per heavy atom. The minimum atomic E-state index is -0.0140. The topological polar surface area (TPSA) is 32.3 Å². The maximum absolute atomic E-state index is 12.2. The molecule has 1 saturated heterocycles. The summed E-state index contributed by atoms with van der Waals surface area (Å²) in [5.74, 6) is 0.374. The molecule has 1 aliphatic carbocycles. The number of nitrogens with one attached hydrogen (secondary N) is 1. The predicted molar refractivity (Wildman–Crippen MR) is 56.0 cm³/mol. The average Bonchev–Trinajstić information content (AvgIpc) is 2.84. The molecule has 2 fully saturated rings. The summed E-state index contributed by atoms with van der Waals surface area (Å²) < 4.78 is 0. The van der Waals surface area contributed by atoms with E-state index in [0.29, 0.717) is 18.0 Å². The lowest BCUT2D eigenvalue weighted by atomic mass is 10.0. The second-order valence-corrected chi connectivity index (χ2v) is 5.13. The van der Waals surface area contributed by atoms with Crippen molar-refractivity contribution >= 4 is 5.91 Å². The van der Waals surface area contributed by atoms with Crippen LogP contribution in [-0.2, 0) is 4.79 Å². The fourth-order valence-corrected chi connectivity index (χ4v) is 2.25. The van der Waals surface area contributed by atoms with Crippen LogP contribution in [0.25, 0.3) is 0 Å². The molecule has 0 spiro atoms. The summed E-state index contributed by atoms with van der Waals surface area (Å²) in [7, 11) is 0. The molecule has 2 aliphatic rings. The minimum Gasteiger partial charge on any atom is -0.334 e. The van der Waals surface area contributed by atoms with E-state index in [-0.39, 0.29) is 5.41 Å². The van der Waals surface area contributed by atoms with E-state index in [1.165, 1.54) is 0 Å². The molecule has 2 atom stereocenters. The zero-order chi connectivity index (χ0) is 10.3. The molecular weight excluding hydrogens is 176 g/mol. The normalized spacial score (nSPS) is 35.5. The third-order valence-corrected chi connectivity index (χ3v) is 3.58. The molecule has 0 radical (unpaired) electrons. The lowest BCUT2D eigenvalue weighted by molar-refractivity contribution is -0.142. The molecule has 1 N–H and O–H groups in total. The van der Waals surface area contributed by atoms with Crippen LogP contribution in [0.5, 0.6) is 0 Å². The maximum atomic E-state index is 12.2. The van der Waals surface area contributed by atoms with Crippen LogP contribution in [0.1, 0.15) is 33.6 Å². The van der Waals surface area contributed by atoms with Gasteiger partial charge in [0, 0.05) is 30.6 Å². The average molecular weight is 196 g/mol. The van der Waals surface area contributed by atoms with Crippen LogP contribution in [0.2, 0.25) is 0 Å². The van der Waals surface area contributed by atoms with Crippen molar-refractivity contribution in [2.45, 2.75) is 45.7 Å². The van der Waals surface area contributed by atoms with E-state index < -0.39 is 0 Å². The Morgan fingerprint density at radius 1 is 1.29 bits per heavy atom. The third-order valence-electron chi connectivity index (χ3n) is 3.58. The number of hydrogen-bond donors (Lipinski definition) is 1. The second-order valence-electron chi connectivity index (χ2n) is 5.13. The molecule has 0 aromatic heterocycles. The van der Waals surface area contributed by atoms with Crippen molar-refractivity contribution in [3.8, 4) is 0 Å².